The van der Waals surface area contributed by atoms with Crippen molar-refractivity contribution in [2.75, 3.05) is 4.66 Å². The minimum Gasteiger partial charge on any atom is -0.211 e. The molecule has 1 aliphatic heterocycles. The van der Waals surface area contributed by atoms with Crippen LogP contribution in [0.4, 0.5) is 0 Å². The Bertz CT molecular complexity index is 255. The van der Waals surface area contributed by atoms with Crippen molar-refractivity contribution < 1.29 is 8.42 Å². The second kappa shape index (κ2) is 4.28. The van der Waals surface area contributed by atoms with E-state index in [4.69, 9.17) is 0 Å². The Balaban J connectivity index is 2.86. The summed E-state index contributed by atoms with van der Waals surface area (Å²) in [4.78, 5) is 0. The summed E-state index contributed by atoms with van der Waals surface area (Å²) >= 11 is 3.03. The Morgan fingerprint density at radius 1 is 1.31 bits per heavy atom. The molecule has 0 aromatic heterocycles. The van der Waals surface area contributed by atoms with Gasteiger partial charge in [0.05, 0.1) is 0 Å². The molecule has 5 heteroatoms. The fourth-order valence-corrected chi connectivity index (χ4v) is 4.13. The second-order valence-electron chi connectivity index (χ2n) is 3.68. The molecule has 1 fully saturated rings. The van der Waals surface area contributed by atoms with Crippen LogP contribution >= 0.6 is 15.9 Å². The van der Waals surface area contributed by atoms with Crippen molar-refractivity contribution in [2.24, 2.45) is 0 Å². The SMILES string of the molecule is CC1CCCC(C)N1S(=O)(=O)CBr. The molecule has 1 rings (SSSR count). The van der Waals surface area contributed by atoms with Crippen molar-refractivity contribution >= 4 is 26.0 Å². The first kappa shape index (κ1) is 11.5. The van der Waals surface area contributed by atoms with E-state index in [9.17, 15) is 8.42 Å². The molecule has 2 atom stereocenters. The maximum Gasteiger partial charge on any atom is 0.224 e. The van der Waals surface area contributed by atoms with Gasteiger partial charge in [-0.15, -0.1) is 0 Å². The molecular weight excluding hydrogens is 254 g/mol. The molecule has 0 radical (unpaired) electrons. The van der Waals surface area contributed by atoms with E-state index in [0.29, 0.717) is 0 Å². The first-order chi connectivity index (χ1) is 5.99. The molecular formula is C8H16BrNO2S. The molecule has 78 valence electrons. The molecule has 13 heavy (non-hydrogen) atoms. The smallest absolute Gasteiger partial charge is 0.211 e. The molecule has 0 aromatic carbocycles. The lowest BCUT2D eigenvalue weighted by Crippen LogP contribution is -2.47. The van der Waals surface area contributed by atoms with Crippen LogP contribution in [-0.4, -0.2) is 29.5 Å². The van der Waals surface area contributed by atoms with Gasteiger partial charge in [-0.05, 0) is 26.7 Å². The van der Waals surface area contributed by atoms with Crippen molar-refractivity contribution in [1.82, 2.24) is 4.31 Å². The molecule has 0 N–H and O–H groups in total. The van der Waals surface area contributed by atoms with Crippen LogP contribution in [-0.2, 0) is 10.0 Å². The summed E-state index contributed by atoms with van der Waals surface area (Å²) in [6, 6.07) is 0.317. The van der Waals surface area contributed by atoms with Crippen LogP contribution < -0.4 is 0 Å². The zero-order valence-electron chi connectivity index (χ0n) is 8.03. The topological polar surface area (TPSA) is 37.4 Å². The highest BCUT2D eigenvalue weighted by molar-refractivity contribution is 9.10. The first-order valence-corrected chi connectivity index (χ1v) is 7.29. The number of halogens is 1. The summed E-state index contributed by atoms with van der Waals surface area (Å²) in [5.74, 6) is 0. The molecule has 3 nitrogen and oxygen atoms in total. The van der Waals surface area contributed by atoms with E-state index in [-0.39, 0.29) is 16.7 Å². The summed E-state index contributed by atoms with van der Waals surface area (Å²) in [5, 5.41) is 0. The number of alkyl halides is 1. The van der Waals surface area contributed by atoms with Gasteiger partial charge in [0.25, 0.3) is 0 Å². The van der Waals surface area contributed by atoms with E-state index < -0.39 is 10.0 Å². The summed E-state index contributed by atoms with van der Waals surface area (Å²) in [5.41, 5.74) is 0. The van der Waals surface area contributed by atoms with Crippen molar-refractivity contribution in [2.45, 2.75) is 45.2 Å². The van der Waals surface area contributed by atoms with Gasteiger partial charge < -0.3 is 0 Å². The van der Waals surface area contributed by atoms with Crippen LogP contribution in [0.5, 0.6) is 0 Å². The summed E-state index contributed by atoms with van der Waals surface area (Å²) < 4.78 is 25.0. The summed E-state index contributed by atoms with van der Waals surface area (Å²) in [7, 11) is -3.07. The van der Waals surface area contributed by atoms with Crippen molar-refractivity contribution in [1.29, 1.82) is 0 Å². The number of hydrogen-bond donors (Lipinski definition) is 0. The highest BCUT2D eigenvalue weighted by Gasteiger charge is 2.33. The minimum atomic E-state index is -3.07. The highest BCUT2D eigenvalue weighted by atomic mass is 79.9. The lowest BCUT2D eigenvalue weighted by atomic mass is 10.0. The van der Waals surface area contributed by atoms with Crippen LogP contribution in [0.3, 0.4) is 0 Å². The van der Waals surface area contributed by atoms with Crippen molar-refractivity contribution in [3.63, 3.8) is 0 Å². The van der Waals surface area contributed by atoms with Gasteiger partial charge in [-0.25, -0.2) is 8.42 Å². The third-order valence-corrected chi connectivity index (χ3v) is 5.95. The van der Waals surface area contributed by atoms with Gasteiger partial charge in [-0.1, -0.05) is 22.4 Å². The molecule has 1 aliphatic rings. The third-order valence-electron chi connectivity index (χ3n) is 2.57. The Morgan fingerprint density at radius 2 is 1.77 bits per heavy atom. The fraction of sp³-hybridized carbons (Fsp3) is 1.00. The monoisotopic (exact) mass is 269 g/mol. The second-order valence-corrected chi connectivity index (χ2v) is 6.86. The van der Waals surface area contributed by atoms with Crippen LogP contribution in [0.2, 0.25) is 0 Å². The molecule has 0 aliphatic carbocycles. The highest BCUT2D eigenvalue weighted by Crippen LogP contribution is 2.26. The first-order valence-electron chi connectivity index (χ1n) is 4.56. The fourth-order valence-electron chi connectivity index (χ4n) is 2.00. The van der Waals surface area contributed by atoms with E-state index in [2.05, 4.69) is 15.9 Å². The number of hydrogen-bond acceptors (Lipinski definition) is 2. The number of rotatable bonds is 2. The van der Waals surface area contributed by atoms with Gasteiger partial charge in [-0.3, -0.25) is 0 Å². The molecule has 0 bridgehead atoms. The molecule has 1 saturated heterocycles. The number of piperidine rings is 1. The lowest BCUT2D eigenvalue weighted by Gasteiger charge is -2.37. The molecule has 0 spiro atoms. The predicted molar refractivity (Wildman–Crippen MR) is 57.3 cm³/mol. The normalized spacial score (nSPS) is 31.9. The Kier molecular flexibility index (Phi) is 3.77. The van der Waals surface area contributed by atoms with Crippen molar-refractivity contribution in [3.05, 3.63) is 0 Å². The van der Waals surface area contributed by atoms with Gasteiger partial charge in [0.1, 0.15) is 4.66 Å². The van der Waals surface area contributed by atoms with Crippen LogP contribution in [0.15, 0.2) is 0 Å². The predicted octanol–water partition coefficient (Wildman–Crippen LogP) is 1.93. The maximum absolute atomic E-state index is 11.7. The molecule has 0 amide bonds. The van der Waals surface area contributed by atoms with E-state index in [1.165, 1.54) is 0 Å². The quantitative estimate of drug-likeness (QED) is 0.719. The van der Waals surface area contributed by atoms with Crippen LogP contribution in [0.25, 0.3) is 0 Å². The van der Waals surface area contributed by atoms with Gasteiger partial charge in [0.2, 0.25) is 10.0 Å². The lowest BCUT2D eigenvalue weighted by molar-refractivity contribution is 0.205. The van der Waals surface area contributed by atoms with Gasteiger partial charge in [0.15, 0.2) is 0 Å². The van der Waals surface area contributed by atoms with E-state index >= 15 is 0 Å². The average Bonchev–Trinajstić information content (AvgIpc) is 2.03. The van der Waals surface area contributed by atoms with E-state index in [1.54, 1.807) is 4.31 Å². The average molecular weight is 270 g/mol. The standard InChI is InChI=1S/C8H16BrNO2S/c1-7-4-3-5-8(2)10(7)13(11,12)6-9/h7-8H,3-6H2,1-2H3. The minimum absolute atomic E-state index is 0.0364. The van der Waals surface area contributed by atoms with Gasteiger partial charge in [-0.2, -0.15) is 4.31 Å². The number of sulfonamides is 1. The summed E-state index contributed by atoms with van der Waals surface area (Å²) in [6.07, 6.45) is 3.10. The number of nitrogens with zero attached hydrogens (tertiary/aromatic N) is 1. The summed E-state index contributed by atoms with van der Waals surface area (Å²) in [6.45, 7) is 3.96. The zero-order valence-corrected chi connectivity index (χ0v) is 10.4. The van der Waals surface area contributed by atoms with Gasteiger partial charge in [0, 0.05) is 12.1 Å². The van der Waals surface area contributed by atoms with Crippen molar-refractivity contribution in [3.8, 4) is 0 Å². The molecule has 0 aromatic rings. The van der Waals surface area contributed by atoms with Crippen LogP contribution in [0.1, 0.15) is 33.1 Å². The maximum atomic E-state index is 11.7. The third kappa shape index (κ3) is 2.44. The molecule has 0 saturated carbocycles. The Morgan fingerprint density at radius 3 is 2.15 bits per heavy atom. The van der Waals surface area contributed by atoms with E-state index in [1.807, 2.05) is 13.8 Å². The largest absolute Gasteiger partial charge is 0.224 e. The van der Waals surface area contributed by atoms with E-state index in [0.717, 1.165) is 19.3 Å². The zero-order chi connectivity index (χ0) is 10.1. The van der Waals surface area contributed by atoms with Crippen LogP contribution in [0, 0.1) is 0 Å². The Labute approximate surface area is 88.7 Å². The van der Waals surface area contributed by atoms with Gasteiger partial charge >= 0.3 is 0 Å². The Hall–Kier alpha value is 0.390. The molecule has 1 heterocycles. The molecule has 2 unspecified atom stereocenters.